The highest BCUT2D eigenvalue weighted by Gasteiger charge is 2.26. The van der Waals surface area contributed by atoms with Gasteiger partial charge in [0.2, 0.25) is 5.91 Å². The van der Waals surface area contributed by atoms with Crippen molar-refractivity contribution in [2.45, 2.75) is 263 Å². The van der Waals surface area contributed by atoms with Crippen LogP contribution in [0.15, 0.2) is 36.5 Å². The molecule has 5 nitrogen and oxygen atoms in total. The number of aliphatic hydroxyl groups excluding tert-OH is 3. The Labute approximate surface area is 336 Å². The monoisotopic (exact) mass is 760 g/mol. The fraction of sp³-hybridized carbons (Fsp3) is 0.857. The highest BCUT2D eigenvalue weighted by atomic mass is 16.3. The summed E-state index contributed by atoms with van der Waals surface area (Å²) in [5.74, 6) is -0.166. The molecule has 0 saturated carbocycles. The van der Waals surface area contributed by atoms with E-state index in [-0.39, 0.29) is 12.5 Å². The molecule has 0 rings (SSSR count). The van der Waals surface area contributed by atoms with Crippen LogP contribution in [0.25, 0.3) is 0 Å². The minimum Gasteiger partial charge on any atom is -0.394 e. The van der Waals surface area contributed by atoms with Gasteiger partial charge < -0.3 is 20.6 Å². The molecule has 1 amide bonds. The van der Waals surface area contributed by atoms with Crippen LogP contribution < -0.4 is 5.32 Å². The maximum absolute atomic E-state index is 12.4. The molecule has 0 spiro atoms. The van der Waals surface area contributed by atoms with E-state index in [1.807, 2.05) is 0 Å². The van der Waals surface area contributed by atoms with E-state index in [1.165, 1.54) is 167 Å². The van der Waals surface area contributed by atoms with Crippen LogP contribution in [-0.4, -0.2) is 46.1 Å². The number of hydrogen-bond donors (Lipinski definition) is 4. The Morgan fingerprint density at radius 3 is 1.13 bits per heavy atom. The van der Waals surface area contributed by atoms with Crippen molar-refractivity contribution < 1.29 is 20.1 Å². The quantitative estimate of drug-likeness (QED) is 0.0368. The third kappa shape index (κ3) is 38.8. The molecule has 3 unspecified atom stereocenters. The molecule has 0 aliphatic heterocycles. The normalized spacial score (nSPS) is 13.8. The predicted octanol–water partition coefficient (Wildman–Crippen LogP) is 13.9. The number of hydrogen-bond acceptors (Lipinski definition) is 4. The molecule has 0 saturated heterocycles. The second-order valence-electron chi connectivity index (χ2n) is 16.3. The smallest absolute Gasteiger partial charge is 0.220 e. The standard InChI is InChI=1S/C49H93NO4/c1-3-5-7-9-11-13-15-17-19-21-22-23-24-25-26-27-28-29-31-33-35-37-39-41-43-47(52)49(54)46(45-51)50-48(53)44-42-40-38-36-34-32-30-20-18-16-14-12-10-8-6-4-2/h20,28-30,35,37,46-47,49,51-52,54H,3-19,21-27,31-34,36,38-45H2,1-2H3,(H,50,53)/b29-28+,30-20-,37-35+. The SMILES string of the molecule is CCCCCCCCC/C=C\CCCCCCCC(=O)NC(CO)C(O)C(O)CCC/C=C/CC/C=C/CCCCCCCCCCCCCCCCC. The topological polar surface area (TPSA) is 89.8 Å². The molecule has 0 aromatic carbocycles. The fourth-order valence-electron chi connectivity index (χ4n) is 7.23. The van der Waals surface area contributed by atoms with Crippen molar-refractivity contribution in [2.24, 2.45) is 0 Å². The molecule has 54 heavy (non-hydrogen) atoms. The molecule has 4 N–H and O–H groups in total. The van der Waals surface area contributed by atoms with E-state index < -0.39 is 18.2 Å². The van der Waals surface area contributed by atoms with Gasteiger partial charge in [-0.25, -0.2) is 0 Å². The van der Waals surface area contributed by atoms with Crippen LogP contribution in [0.4, 0.5) is 0 Å². The Bertz CT molecular complexity index is 840. The van der Waals surface area contributed by atoms with Crippen LogP contribution in [-0.2, 0) is 4.79 Å². The lowest BCUT2D eigenvalue weighted by Gasteiger charge is -2.26. The highest BCUT2D eigenvalue weighted by Crippen LogP contribution is 2.15. The molecule has 3 atom stereocenters. The zero-order chi connectivity index (χ0) is 39.4. The van der Waals surface area contributed by atoms with Gasteiger partial charge in [0, 0.05) is 6.42 Å². The van der Waals surface area contributed by atoms with E-state index in [2.05, 4.69) is 55.6 Å². The molecule has 0 aliphatic rings. The summed E-state index contributed by atoms with van der Waals surface area (Å²) in [4.78, 5) is 12.4. The summed E-state index contributed by atoms with van der Waals surface area (Å²) in [7, 11) is 0. The highest BCUT2D eigenvalue weighted by molar-refractivity contribution is 5.76. The number of nitrogens with one attached hydrogen (secondary N) is 1. The first-order valence-electron chi connectivity index (χ1n) is 23.8. The fourth-order valence-corrected chi connectivity index (χ4v) is 7.23. The zero-order valence-electron chi connectivity index (χ0n) is 36.1. The van der Waals surface area contributed by atoms with Crippen molar-refractivity contribution >= 4 is 5.91 Å². The van der Waals surface area contributed by atoms with Gasteiger partial charge in [-0.1, -0.05) is 198 Å². The molecular formula is C49H93NO4. The van der Waals surface area contributed by atoms with Crippen LogP contribution in [0.3, 0.4) is 0 Å². The summed E-state index contributed by atoms with van der Waals surface area (Å²) in [5.41, 5.74) is 0. The molecule has 0 aliphatic carbocycles. The molecule has 5 heteroatoms. The average Bonchev–Trinajstić information content (AvgIpc) is 3.18. The van der Waals surface area contributed by atoms with E-state index in [0.29, 0.717) is 12.8 Å². The average molecular weight is 760 g/mol. The molecule has 0 aromatic heterocycles. The van der Waals surface area contributed by atoms with Crippen molar-refractivity contribution in [1.82, 2.24) is 5.32 Å². The van der Waals surface area contributed by atoms with E-state index in [9.17, 15) is 20.1 Å². The summed E-state index contributed by atoms with van der Waals surface area (Å²) >= 11 is 0. The Morgan fingerprint density at radius 1 is 0.444 bits per heavy atom. The van der Waals surface area contributed by atoms with Crippen LogP contribution >= 0.6 is 0 Å². The van der Waals surface area contributed by atoms with Crippen molar-refractivity contribution in [3.05, 3.63) is 36.5 Å². The number of allylic oxidation sites excluding steroid dienone is 6. The number of carbonyl (C=O) groups excluding carboxylic acids is 1. The molecule has 0 radical (unpaired) electrons. The lowest BCUT2D eigenvalue weighted by molar-refractivity contribution is -0.124. The van der Waals surface area contributed by atoms with E-state index >= 15 is 0 Å². The van der Waals surface area contributed by atoms with Gasteiger partial charge in [-0.3, -0.25) is 4.79 Å². The third-order valence-corrected chi connectivity index (χ3v) is 10.9. The van der Waals surface area contributed by atoms with Crippen molar-refractivity contribution in [2.75, 3.05) is 6.61 Å². The van der Waals surface area contributed by atoms with Crippen LogP contribution in [0.1, 0.15) is 245 Å². The van der Waals surface area contributed by atoms with Gasteiger partial charge in [-0.2, -0.15) is 0 Å². The van der Waals surface area contributed by atoms with Gasteiger partial charge in [0.05, 0.1) is 18.8 Å². The maximum Gasteiger partial charge on any atom is 0.220 e. The van der Waals surface area contributed by atoms with Crippen molar-refractivity contribution in [1.29, 1.82) is 0 Å². The van der Waals surface area contributed by atoms with Crippen LogP contribution in [0, 0.1) is 0 Å². The summed E-state index contributed by atoms with van der Waals surface area (Å²) < 4.78 is 0. The first-order valence-corrected chi connectivity index (χ1v) is 23.8. The maximum atomic E-state index is 12.4. The number of amides is 1. The Hall–Kier alpha value is -1.43. The predicted molar refractivity (Wildman–Crippen MR) is 236 cm³/mol. The summed E-state index contributed by atoms with van der Waals surface area (Å²) in [5, 5.41) is 33.5. The number of carbonyl (C=O) groups is 1. The van der Waals surface area contributed by atoms with Crippen molar-refractivity contribution in [3.63, 3.8) is 0 Å². The first-order chi connectivity index (χ1) is 26.6. The lowest BCUT2D eigenvalue weighted by Crippen LogP contribution is -2.50. The minimum absolute atomic E-state index is 0.166. The van der Waals surface area contributed by atoms with Gasteiger partial charge in [0.25, 0.3) is 0 Å². The molecule has 318 valence electrons. The van der Waals surface area contributed by atoms with Crippen molar-refractivity contribution in [3.8, 4) is 0 Å². The van der Waals surface area contributed by atoms with Crippen LogP contribution in [0.5, 0.6) is 0 Å². The Morgan fingerprint density at radius 2 is 0.759 bits per heavy atom. The second kappa shape index (κ2) is 44.3. The number of unbranched alkanes of at least 4 members (excludes halogenated alkanes) is 29. The largest absolute Gasteiger partial charge is 0.394 e. The van der Waals surface area contributed by atoms with E-state index in [0.717, 1.165) is 51.4 Å². The van der Waals surface area contributed by atoms with E-state index in [1.54, 1.807) is 0 Å². The van der Waals surface area contributed by atoms with Gasteiger partial charge in [-0.05, 0) is 77.0 Å². The summed E-state index contributed by atoms with van der Waals surface area (Å²) in [6, 6.07) is -0.836. The molecule has 0 aromatic rings. The second-order valence-corrected chi connectivity index (χ2v) is 16.3. The molecule has 0 bridgehead atoms. The van der Waals surface area contributed by atoms with Gasteiger partial charge in [-0.15, -0.1) is 0 Å². The Kier molecular flexibility index (Phi) is 43.1. The minimum atomic E-state index is -1.17. The number of rotatable bonds is 43. The Balaban J connectivity index is 3.67. The molecule has 0 heterocycles. The molecular weight excluding hydrogens is 667 g/mol. The van der Waals surface area contributed by atoms with Gasteiger partial charge >= 0.3 is 0 Å². The number of aliphatic hydroxyl groups is 3. The van der Waals surface area contributed by atoms with Gasteiger partial charge in [0.15, 0.2) is 0 Å². The zero-order valence-corrected chi connectivity index (χ0v) is 36.1. The molecule has 0 fully saturated rings. The van der Waals surface area contributed by atoms with Crippen LogP contribution in [0.2, 0.25) is 0 Å². The third-order valence-electron chi connectivity index (χ3n) is 10.9. The summed E-state index contributed by atoms with van der Waals surface area (Å²) in [6.07, 6.45) is 55.5. The van der Waals surface area contributed by atoms with Gasteiger partial charge in [0.1, 0.15) is 6.10 Å². The lowest BCUT2D eigenvalue weighted by atomic mass is 10.0. The van der Waals surface area contributed by atoms with E-state index in [4.69, 9.17) is 0 Å². The first kappa shape index (κ1) is 52.6. The summed E-state index contributed by atoms with van der Waals surface area (Å²) in [6.45, 7) is 4.17.